The van der Waals surface area contributed by atoms with E-state index in [0.717, 1.165) is 56.3 Å². The Morgan fingerprint density at radius 1 is 0.338 bits per heavy atom. The van der Waals surface area contributed by atoms with Gasteiger partial charge in [0.25, 0.3) is 0 Å². The first-order chi connectivity index (χ1) is 34.8. The minimum atomic E-state index is -0.383. The van der Waals surface area contributed by atoms with E-state index >= 15 is 4.39 Å². The van der Waals surface area contributed by atoms with Crippen molar-refractivity contribution < 1.29 is 4.39 Å². The maximum absolute atomic E-state index is 17.4. The SMILES string of the molecule is Cc1cc(-c2ccccc2)cc(-c2ccccc2)c1N(c1ccccc1)c1ccc2c3c(ccc2c1)-c1ccc(N(c2ccccc2)c2c(F)cc(-c4ccccc4)cc2-c2ccccc2)cc1C3(C)C. The van der Waals surface area contributed by atoms with Crippen LogP contribution in [0, 0.1) is 12.7 Å². The number of rotatable bonds is 10. The van der Waals surface area contributed by atoms with E-state index in [9.17, 15) is 0 Å². The van der Waals surface area contributed by atoms with E-state index in [1.807, 2.05) is 66.7 Å². The van der Waals surface area contributed by atoms with Crippen LogP contribution in [-0.4, -0.2) is 0 Å². The first-order valence-corrected chi connectivity index (χ1v) is 24.4. The van der Waals surface area contributed by atoms with Crippen molar-refractivity contribution in [3.63, 3.8) is 0 Å². The summed E-state index contributed by atoms with van der Waals surface area (Å²) in [5.74, 6) is -0.290. The van der Waals surface area contributed by atoms with Gasteiger partial charge in [0.2, 0.25) is 0 Å². The van der Waals surface area contributed by atoms with Gasteiger partial charge in [0.15, 0.2) is 0 Å². The number of nitrogens with zero attached hydrogens (tertiary/aromatic N) is 2. The zero-order chi connectivity index (χ0) is 48.1. The number of anilines is 6. The molecule has 1 aliphatic rings. The third-order valence-corrected chi connectivity index (χ3v) is 14.3. The molecule has 0 aromatic heterocycles. The number of fused-ring (bicyclic) bond motifs is 5. The molecule has 12 rings (SSSR count). The monoisotopic (exact) mass is 914 g/mol. The summed E-state index contributed by atoms with van der Waals surface area (Å²) in [6, 6.07) is 89.4. The normalized spacial score (nSPS) is 12.3. The molecular formula is C68H51FN2. The molecule has 0 aliphatic heterocycles. The van der Waals surface area contributed by atoms with Gasteiger partial charge >= 0.3 is 0 Å². The van der Waals surface area contributed by atoms with Crippen LogP contribution in [0.5, 0.6) is 0 Å². The summed E-state index contributed by atoms with van der Waals surface area (Å²) in [5, 5.41) is 2.39. The van der Waals surface area contributed by atoms with Crippen molar-refractivity contribution in [1.29, 1.82) is 0 Å². The van der Waals surface area contributed by atoms with Crippen molar-refractivity contribution in [3.8, 4) is 55.6 Å². The Labute approximate surface area is 416 Å². The lowest BCUT2D eigenvalue weighted by molar-refractivity contribution is 0.629. The number of hydrogen-bond acceptors (Lipinski definition) is 2. The topological polar surface area (TPSA) is 6.48 Å². The van der Waals surface area contributed by atoms with Crippen LogP contribution < -0.4 is 9.80 Å². The molecule has 340 valence electrons. The van der Waals surface area contributed by atoms with Gasteiger partial charge in [-0.15, -0.1) is 0 Å². The highest BCUT2D eigenvalue weighted by atomic mass is 19.1. The molecular weight excluding hydrogens is 864 g/mol. The number of benzene rings is 11. The summed E-state index contributed by atoms with van der Waals surface area (Å²) in [5.41, 5.74) is 19.6. The Morgan fingerprint density at radius 3 is 1.32 bits per heavy atom. The Hall–Kier alpha value is -8.79. The Balaban J connectivity index is 0.993. The van der Waals surface area contributed by atoms with Gasteiger partial charge in [0.05, 0.1) is 11.4 Å². The summed E-state index contributed by atoms with van der Waals surface area (Å²) >= 11 is 0. The fourth-order valence-electron chi connectivity index (χ4n) is 11.1. The first-order valence-electron chi connectivity index (χ1n) is 24.4. The van der Waals surface area contributed by atoms with Crippen LogP contribution in [0.2, 0.25) is 0 Å². The predicted octanol–water partition coefficient (Wildman–Crippen LogP) is 19.2. The number of aryl methyl sites for hydroxylation is 1. The lowest BCUT2D eigenvalue weighted by Gasteiger charge is -2.31. The highest BCUT2D eigenvalue weighted by Gasteiger charge is 2.38. The molecule has 0 saturated heterocycles. The summed E-state index contributed by atoms with van der Waals surface area (Å²) in [6.07, 6.45) is 0. The molecule has 0 heterocycles. The zero-order valence-corrected chi connectivity index (χ0v) is 40.0. The first kappa shape index (κ1) is 43.5. The second kappa shape index (κ2) is 17.9. The molecule has 1 aliphatic carbocycles. The van der Waals surface area contributed by atoms with Crippen molar-refractivity contribution in [2.75, 3.05) is 9.80 Å². The van der Waals surface area contributed by atoms with Gasteiger partial charge in [-0.1, -0.05) is 196 Å². The molecule has 0 radical (unpaired) electrons. The molecule has 11 aromatic carbocycles. The quantitative estimate of drug-likeness (QED) is 0.135. The van der Waals surface area contributed by atoms with Crippen molar-refractivity contribution >= 4 is 44.9 Å². The van der Waals surface area contributed by atoms with Crippen LogP contribution in [0.1, 0.15) is 30.5 Å². The highest BCUT2D eigenvalue weighted by molar-refractivity contribution is 6.02. The number of para-hydroxylation sites is 2. The van der Waals surface area contributed by atoms with Gasteiger partial charge in [0.1, 0.15) is 5.82 Å². The molecule has 0 fully saturated rings. The summed E-state index contributed by atoms with van der Waals surface area (Å²) in [6.45, 7) is 6.92. The molecule has 3 heteroatoms. The Morgan fingerprint density at radius 2 is 0.775 bits per heavy atom. The van der Waals surface area contributed by atoms with E-state index in [-0.39, 0.29) is 11.2 Å². The van der Waals surface area contributed by atoms with E-state index < -0.39 is 0 Å². The van der Waals surface area contributed by atoms with Crippen LogP contribution in [0.3, 0.4) is 0 Å². The van der Waals surface area contributed by atoms with Crippen molar-refractivity contribution in [3.05, 3.63) is 277 Å². The predicted molar refractivity (Wildman–Crippen MR) is 297 cm³/mol. The van der Waals surface area contributed by atoms with Crippen LogP contribution >= 0.6 is 0 Å². The maximum atomic E-state index is 17.4. The lowest BCUT2D eigenvalue weighted by Crippen LogP contribution is -2.18. The van der Waals surface area contributed by atoms with Crippen molar-refractivity contribution in [2.45, 2.75) is 26.2 Å². The van der Waals surface area contributed by atoms with Gasteiger partial charge in [0, 0.05) is 39.3 Å². The van der Waals surface area contributed by atoms with Gasteiger partial charge in [-0.2, -0.15) is 0 Å². The van der Waals surface area contributed by atoms with E-state index in [1.165, 1.54) is 55.3 Å². The van der Waals surface area contributed by atoms with Crippen LogP contribution in [0.25, 0.3) is 66.4 Å². The van der Waals surface area contributed by atoms with Crippen molar-refractivity contribution in [1.82, 2.24) is 0 Å². The molecule has 0 amide bonds. The summed E-state index contributed by atoms with van der Waals surface area (Å²) in [4.78, 5) is 4.53. The third kappa shape index (κ3) is 7.77. The fourth-order valence-corrected chi connectivity index (χ4v) is 11.1. The smallest absolute Gasteiger partial charge is 0.148 e. The summed E-state index contributed by atoms with van der Waals surface area (Å²) < 4.78 is 17.4. The third-order valence-electron chi connectivity index (χ3n) is 14.3. The number of hydrogen-bond donors (Lipinski definition) is 0. The molecule has 0 saturated carbocycles. The largest absolute Gasteiger partial charge is 0.310 e. The average Bonchev–Trinajstić information content (AvgIpc) is 3.66. The Bertz CT molecular complexity index is 3720. The average molecular weight is 915 g/mol. The lowest BCUT2D eigenvalue weighted by atomic mass is 9.80. The molecule has 0 unspecified atom stereocenters. The minimum absolute atomic E-state index is 0.290. The molecule has 2 nitrogen and oxygen atoms in total. The molecule has 0 atom stereocenters. The Kier molecular flexibility index (Phi) is 11.0. The van der Waals surface area contributed by atoms with Gasteiger partial charge in [-0.05, 0) is 152 Å². The minimum Gasteiger partial charge on any atom is -0.310 e. The van der Waals surface area contributed by atoms with E-state index in [1.54, 1.807) is 6.07 Å². The molecule has 0 bridgehead atoms. The van der Waals surface area contributed by atoms with E-state index in [2.05, 4.69) is 213 Å². The van der Waals surface area contributed by atoms with Crippen molar-refractivity contribution in [2.24, 2.45) is 0 Å². The van der Waals surface area contributed by atoms with Crippen LogP contribution in [0.15, 0.2) is 255 Å². The second-order valence-electron chi connectivity index (χ2n) is 19.1. The standard InChI is InChI=1S/C68H51FN2/c1-46-40-52(47-22-10-4-11-23-47)42-61(49-26-14-6-15-27-49)66(46)70(54-30-18-8-19-31-54)56-35-38-58-51(41-56)34-37-60-59-39-36-57(45-63(59)68(2,3)65(58)60)71(55-32-20-9-21-33-55)67-62(50-28-16-7-17-29-50)43-53(44-64(67)69)48-24-12-5-13-25-48/h4-45H,1-3H3. The number of halogens is 1. The molecule has 0 N–H and O–H groups in total. The molecule has 0 spiro atoms. The van der Waals surface area contributed by atoms with Gasteiger partial charge < -0.3 is 9.80 Å². The second-order valence-corrected chi connectivity index (χ2v) is 19.1. The summed E-state index contributed by atoms with van der Waals surface area (Å²) in [7, 11) is 0. The van der Waals surface area contributed by atoms with Gasteiger partial charge in [-0.25, -0.2) is 4.39 Å². The van der Waals surface area contributed by atoms with Crippen LogP contribution in [-0.2, 0) is 5.41 Å². The van der Waals surface area contributed by atoms with E-state index in [4.69, 9.17) is 0 Å². The fraction of sp³-hybridized carbons (Fsp3) is 0.0588. The van der Waals surface area contributed by atoms with Gasteiger partial charge in [-0.3, -0.25) is 0 Å². The zero-order valence-electron chi connectivity index (χ0n) is 40.0. The van der Waals surface area contributed by atoms with E-state index in [0.29, 0.717) is 5.69 Å². The maximum Gasteiger partial charge on any atom is 0.148 e. The van der Waals surface area contributed by atoms with Crippen LogP contribution in [0.4, 0.5) is 38.5 Å². The highest BCUT2D eigenvalue weighted by Crippen LogP contribution is 2.55. The molecule has 71 heavy (non-hydrogen) atoms. The molecule has 11 aromatic rings.